The Morgan fingerprint density at radius 2 is 1.78 bits per heavy atom. The zero-order valence-corrected chi connectivity index (χ0v) is 19.0. The van der Waals surface area contributed by atoms with Gasteiger partial charge in [-0.3, -0.25) is 14.9 Å². The fraction of sp³-hybridized carbons (Fsp3) is 0.350. The molecule has 2 aromatic rings. The van der Waals surface area contributed by atoms with Crippen molar-refractivity contribution in [3.63, 3.8) is 0 Å². The van der Waals surface area contributed by atoms with E-state index in [4.69, 9.17) is 21.1 Å². The number of carbonyl (C=O) groups is 1. The second kappa shape index (κ2) is 9.72. The largest absolute Gasteiger partial charge is 0.493 e. The highest BCUT2D eigenvalue weighted by molar-refractivity contribution is 7.89. The SMILES string of the molecule is COc1ccc(S(=O)(=O)N2CCC(C(=O)Nc3ccc(Cl)c([N+](=O)[O-])c3)CC2)cc1OC. The highest BCUT2D eigenvalue weighted by Gasteiger charge is 2.32. The second-order valence-electron chi connectivity index (χ2n) is 7.11. The molecule has 1 N–H and O–H groups in total. The van der Waals surface area contributed by atoms with Gasteiger partial charge < -0.3 is 14.8 Å². The number of nitrogens with zero attached hydrogens (tertiary/aromatic N) is 2. The molecular weight excluding hydrogens is 462 g/mol. The number of piperidine rings is 1. The number of nitrogens with one attached hydrogen (secondary N) is 1. The maximum atomic E-state index is 13.0. The second-order valence-corrected chi connectivity index (χ2v) is 9.45. The Bertz CT molecular complexity index is 1130. The summed E-state index contributed by atoms with van der Waals surface area (Å²) in [5, 5.41) is 13.6. The number of hydrogen-bond acceptors (Lipinski definition) is 7. The van der Waals surface area contributed by atoms with Crippen molar-refractivity contribution in [1.82, 2.24) is 4.31 Å². The summed E-state index contributed by atoms with van der Waals surface area (Å²) in [4.78, 5) is 23.1. The van der Waals surface area contributed by atoms with Crippen LogP contribution >= 0.6 is 11.6 Å². The molecule has 2 aromatic carbocycles. The van der Waals surface area contributed by atoms with Crippen LogP contribution < -0.4 is 14.8 Å². The number of hydrogen-bond donors (Lipinski definition) is 1. The zero-order chi connectivity index (χ0) is 23.5. The topological polar surface area (TPSA) is 128 Å². The van der Waals surface area contributed by atoms with Gasteiger partial charge in [0.15, 0.2) is 11.5 Å². The van der Waals surface area contributed by atoms with Gasteiger partial charge in [0.05, 0.1) is 24.0 Å². The van der Waals surface area contributed by atoms with Gasteiger partial charge in [-0.2, -0.15) is 4.31 Å². The molecular formula is C20H22ClN3O7S. The van der Waals surface area contributed by atoms with Gasteiger partial charge in [-0.1, -0.05) is 11.6 Å². The van der Waals surface area contributed by atoms with Gasteiger partial charge in [-0.05, 0) is 37.1 Å². The van der Waals surface area contributed by atoms with Crippen LogP contribution in [0, 0.1) is 16.0 Å². The average Bonchev–Trinajstić information content (AvgIpc) is 2.79. The normalized spacial score (nSPS) is 15.2. The summed E-state index contributed by atoms with van der Waals surface area (Å²) >= 11 is 5.79. The minimum Gasteiger partial charge on any atom is -0.493 e. The number of rotatable bonds is 7. The molecule has 1 saturated heterocycles. The van der Waals surface area contributed by atoms with Crippen LogP contribution in [-0.2, 0) is 14.8 Å². The molecule has 0 saturated carbocycles. The molecule has 3 rings (SSSR count). The van der Waals surface area contributed by atoms with Gasteiger partial charge in [0.2, 0.25) is 15.9 Å². The van der Waals surface area contributed by atoms with Crippen LogP contribution in [-0.4, -0.2) is 50.9 Å². The van der Waals surface area contributed by atoms with Gasteiger partial charge in [0.25, 0.3) is 5.69 Å². The molecule has 1 amide bonds. The standard InChI is InChI=1S/C20H22ClN3O7S/c1-30-18-6-4-15(12-19(18)31-2)32(28,29)23-9-7-13(8-10-23)20(25)22-14-3-5-16(21)17(11-14)24(26)27/h3-6,11-13H,7-10H2,1-2H3,(H,22,25). The van der Waals surface area contributed by atoms with E-state index in [-0.39, 0.29) is 40.3 Å². The van der Waals surface area contributed by atoms with Gasteiger partial charge >= 0.3 is 0 Å². The number of methoxy groups -OCH3 is 2. The maximum absolute atomic E-state index is 13.0. The third kappa shape index (κ3) is 4.95. The number of sulfonamides is 1. The Hall–Kier alpha value is -2.89. The number of amides is 1. The number of nitro groups is 1. The highest BCUT2D eigenvalue weighted by atomic mass is 35.5. The van der Waals surface area contributed by atoms with E-state index in [9.17, 15) is 23.3 Å². The number of ether oxygens (including phenoxy) is 2. The average molecular weight is 484 g/mol. The number of nitro benzene ring substituents is 1. The molecule has 0 bridgehead atoms. The van der Waals surface area contributed by atoms with Crippen LogP contribution in [0.3, 0.4) is 0 Å². The van der Waals surface area contributed by atoms with Crippen LogP contribution in [0.25, 0.3) is 0 Å². The van der Waals surface area contributed by atoms with E-state index in [1.165, 1.54) is 54.9 Å². The van der Waals surface area contributed by atoms with Crippen molar-refractivity contribution in [2.24, 2.45) is 5.92 Å². The van der Waals surface area contributed by atoms with Crippen molar-refractivity contribution >= 4 is 38.9 Å². The van der Waals surface area contributed by atoms with Crippen LogP contribution in [0.4, 0.5) is 11.4 Å². The predicted molar refractivity (Wildman–Crippen MR) is 118 cm³/mol. The summed E-state index contributed by atoms with van der Waals surface area (Å²) in [5.41, 5.74) is -0.0493. The minimum atomic E-state index is -3.77. The van der Waals surface area contributed by atoms with Crippen LogP contribution in [0.5, 0.6) is 11.5 Å². The molecule has 1 heterocycles. The summed E-state index contributed by atoms with van der Waals surface area (Å²) in [6.07, 6.45) is 0.627. The number of anilines is 1. The molecule has 1 fully saturated rings. The van der Waals surface area contributed by atoms with E-state index in [0.29, 0.717) is 24.3 Å². The van der Waals surface area contributed by atoms with E-state index >= 15 is 0 Å². The fourth-order valence-corrected chi connectivity index (χ4v) is 5.13. The molecule has 172 valence electrons. The molecule has 0 aliphatic carbocycles. The quantitative estimate of drug-likeness (QED) is 0.472. The van der Waals surface area contributed by atoms with E-state index in [2.05, 4.69) is 5.32 Å². The Morgan fingerprint density at radius 1 is 1.12 bits per heavy atom. The molecule has 0 aromatic heterocycles. The first kappa shape index (κ1) is 23.8. The van der Waals surface area contributed by atoms with Crippen LogP contribution in [0.2, 0.25) is 5.02 Å². The molecule has 0 atom stereocenters. The van der Waals surface area contributed by atoms with Crippen molar-refractivity contribution in [2.75, 3.05) is 32.6 Å². The lowest BCUT2D eigenvalue weighted by atomic mass is 9.97. The van der Waals surface area contributed by atoms with Gasteiger partial charge in [0, 0.05) is 36.8 Å². The van der Waals surface area contributed by atoms with Crippen molar-refractivity contribution in [1.29, 1.82) is 0 Å². The summed E-state index contributed by atoms with van der Waals surface area (Å²) in [6, 6.07) is 8.38. The van der Waals surface area contributed by atoms with Gasteiger partial charge in [-0.25, -0.2) is 8.42 Å². The Morgan fingerprint density at radius 3 is 2.38 bits per heavy atom. The summed E-state index contributed by atoms with van der Waals surface area (Å²) < 4.78 is 37.7. The fourth-order valence-electron chi connectivity index (χ4n) is 3.46. The first-order valence-corrected chi connectivity index (χ1v) is 11.5. The zero-order valence-electron chi connectivity index (χ0n) is 17.4. The Labute approximate surface area is 190 Å². The molecule has 0 unspecified atom stereocenters. The highest BCUT2D eigenvalue weighted by Crippen LogP contribution is 2.32. The molecule has 12 heteroatoms. The third-order valence-electron chi connectivity index (χ3n) is 5.23. The maximum Gasteiger partial charge on any atom is 0.289 e. The van der Waals surface area contributed by atoms with Crippen molar-refractivity contribution in [3.05, 3.63) is 51.5 Å². The predicted octanol–water partition coefficient (Wildman–Crippen LogP) is 3.30. The molecule has 1 aliphatic rings. The molecule has 10 nitrogen and oxygen atoms in total. The lowest BCUT2D eigenvalue weighted by molar-refractivity contribution is -0.384. The Kier molecular flexibility index (Phi) is 7.22. The molecule has 0 spiro atoms. The van der Waals surface area contributed by atoms with Crippen molar-refractivity contribution in [2.45, 2.75) is 17.7 Å². The smallest absolute Gasteiger partial charge is 0.289 e. The van der Waals surface area contributed by atoms with Crippen LogP contribution in [0.1, 0.15) is 12.8 Å². The molecule has 32 heavy (non-hydrogen) atoms. The molecule has 1 aliphatic heterocycles. The lowest BCUT2D eigenvalue weighted by Gasteiger charge is -2.30. The van der Waals surface area contributed by atoms with E-state index in [1.54, 1.807) is 0 Å². The number of halogens is 1. The van der Waals surface area contributed by atoms with E-state index in [1.807, 2.05) is 0 Å². The number of carbonyl (C=O) groups excluding carboxylic acids is 1. The first-order valence-electron chi connectivity index (χ1n) is 9.64. The summed E-state index contributed by atoms with van der Waals surface area (Å²) in [6.45, 7) is 0.324. The summed E-state index contributed by atoms with van der Waals surface area (Å²) in [7, 11) is -0.884. The van der Waals surface area contributed by atoms with Crippen molar-refractivity contribution < 1.29 is 27.6 Å². The van der Waals surface area contributed by atoms with Gasteiger partial charge in [0.1, 0.15) is 5.02 Å². The van der Waals surface area contributed by atoms with Crippen LogP contribution in [0.15, 0.2) is 41.3 Å². The van der Waals surface area contributed by atoms with E-state index < -0.39 is 20.9 Å². The lowest BCUT2D eigenvalue weighted by Crippen LogP contribution is -2.41. The van der Waals surface area contributed by atoms with Gasteiger partial charge in [-0.15, -0.1) is 0 Å². The monoisotopic (exact) mass is 483 g/mol. The van der Waals surface area contributed by atoms with Crippen molar-refractivity contribution in [3.8, 4) is 11.5 Å². The minimum absolute atomic E-state index is 0.0262. The third-order valence-corrected chi connectivity index (χ3v) is 7.44. The number of benzene rings is 2. The van der Waals surface area contributed by atoms with E-state index in [0.717, 1.165) is 0 Å². The molecule has 0 radical (unpaired) electrons. The Balaban J connectivity index is 1.66. The summed E-state index contributed by atoms with van der Waals surface area (Å²) in [5.74, 6) is -0.0319. The first-order chi connectivity index (χ1) is 15.2.